The third-order valence-corrected chi connectivity index (χ3v) is 5.53. The van der Waals surface area contributed by atoms with Gasteiger partial charge in [-0.25, -0.2) is 4.98 Å². The number of rotatable bonds is 4. The van der Waals surface area contributed by atoms with Gasteiger partial charge in [-0.05, 0) is 32.6 Å². The SMILES string of the molecule is CCOC(=O)C1CCc2sc(NC3CCCCCC3)nc21. The number of nitrogens with one attached hydrogen (secondary N) is 1. The van der Waals surface area contributed by atoms with E-state index >= 15 is 0 Å². The quantitative estimate of drug-likeness (QED) is 0.677. The Bertz CT molecular complexity index is 492. The fraction of sp³-hybridized carbons (Fsp3) is 0.750. The zero-order valence-electron chi connectivity index (χ0n) is 12.7. The smallest absolute Gasteiger partial charge is 0.315 e. The Kier molecular flexibility index (Phi) is 4.78. The van der Waals surface area contributed by atoms with Crippen molar-refractivity contribution in [1.82, 2.24) is 4.98 Å². The average Bonchev–Trinajstić information content (AvgIpc) is 2.91. The summed E-state index contributed by atoms with van der Waals surface area (Å²) in [6.07, 6.45) is 9.65. The van der Waals surface area contributed by atoms with Crippen LogP contribution in [0.3, 0.4) is 0 Å². The molecule has 0 amide bonds. The highest BCUT2D eigenvalue weighted by Gasteiger charge is 2.33. The zero-order chi connectivity index (χ0) is 14.7. The van der Waals surface area contributed by atoms with E-state index in [9.17, 15) is 4.79 Å². The Morgan fingerprint density at radius 2 is 2.05 bits per heavy atom. The van der Waals surface area contributed by atoms with Gasteiger partial charge in [0, 0.05) is 10.9 Å². The zero-order valence-corrected chi connectivity index (χ0v) is 13.5. The molecule has 1 N–H and O–H groups in total. The lowest BCUT2D eigenvalue weighted by molar-refractivity contribution is -0.145. The minimum absolute atomic E-state index is 0.109. The van der Waals surface area contributed by atoms with Crippen molar-refractivity contribution >= 4 is 22.4 Å². The van der Waals surface area contributed by atoms with Crippen LogP contribution in [0.4, 0.5) is 5.13 Å². The third kappa shape index (κ3) is 3.39. The second kappa shape index (κ2) is 6.77. The van der Waals surface area contributed by atoms with Crippen molar-refractivity contribution in [3.63, 3.8) is 0 Å². The molecule has 0 saturated heterocycles. The number of carbonyl (C=O) groups is 1. The third-order valence-electron chi connectivity index (χ3n) is 4.47. The molecule has 2 aliphatic rings. The van der Waals surface area contributed by atoms with Crippen molar-refractivity contribution in [3.05, 3.63) is 10.6 Å². The van der Waals surface area contributed by atoms with Gasteiger partial charge in [0.05, 0.1) is 12.3 Å². The van der Waals surface area contributed by atoms with Crippen LogP contribution in [0.2, 0.25) is 0 Å². The Hall–Kier alpha value is -1.10. The highest BCUT2D eigenvalue weighted by Crippen LogP contribution is 2.39. The highest BCUT2D eigenvalue weighted by molar-refractivity contribution is 7.15. The molecule has 21 heavy (non-hydrogen) atoms. The first-order chi connectivity index (χ1) is 10.3. The Labute approximate surface area is 130 Å². The number of hydrogen-bond acceptors (Lipinski definition) is 5. The number of ether oxygens (including phenoxy) is 1. The van der Waals surface area contributed by atoms with Gasteiger partial charge >= 0.3 is 5.97 Å². The van der Waals surface area contributed by atoms with Crippen LogP contribution in [0.5, 0.6) is 0 Å². The standard InChI is InChI=1S/C16H24N2O2S/c1-2-20-15(19)12-9-10-13-14(12)18-16(21-13)17-11-7-5-3-4-6-8-11/h11-12H,2-10H2,1H3,(H,17,18). The van der Waals surface area contributed by atoms with E-state index in [4.69, 9.17) is 9.72 Å². The van der Waals surface area contributed by atoms with Crippen LogP contribution in [0, 0.1) is 0 Å². The van der Waals surface area contributed by atoms with Crippen molar-refractivity contribution in [2.45, 2.75) is 70.3 Å². The number of thiazole rings is 1. The monoisotopic (exact) mass is 308 g/mol. The summed E-state index contributed by atoms with van der Waals surface area (Å²) in [6.45, 7) is 2.30. The number of fused-ring (bicyclic) bond motifs is 1. The molecular weight excluding hydrogens is 284 g/mol. The van der Waals surface area contributed by atoms with E-state index in [1.807, 2.05) is 6.92 Å². The van der Waals surface area contributed by atoms with Crippen LogP contribution in [-0.2, 0) is 16.0 Å². The number of esters is 1. The van der Waals surface area contributed by atoms with E-state index in [-0.39, 0.29) is 11.9 Å². The summed E-state index contributed by atoms with van der Waals surface area (Å²) in [6, 6.07) is 0.555. The number of hydrogen-bond donors (Lipinski definition) is 1. The van der Waals surface area contributed by atoms with E-state index in [0.717, 1.165) is 23.7 Å². The predicted octanol–water partition coefficient (Wildman–Crippen LogP) is 3.87. The predicted molar refractivity (Wildman–Crippen MR) is 84.9 cm³/mol. The first-order valence-corrected chi connectivity index (χ1v) is 9.02. The van der Waals surface area contributed by atoms with Crippen molar-refractivity contribution in [3.8, 4) is 0 Å². The van der Waals surface area contributed by atoms with E-state index in [1.165, 1.54) is 43.4 Å². The summed E-state index contributed by atoms with van der Waals surface area (Å²) in [5.74, 6) is -0.247. The summed E-state index contributed by atoms with van der Waals surface area (Å²) in [7, 11) is 0. The first-order valence-electron chi connectivity index (χ1n) is 8.20. The molecule has 116 valence electrons. The van der Waals surface area contributed by atoms with Gasteiger partial charge in [-0.15, -0.1) is 11.3 Å². The fourth-order valence-corrected chi connectivity index (χ4v) is 4.47. The minimum atomic E-state index is -0.138. The second-order valence-corrected chi connectivity index (χ2v) is 7.09. The highest BCUT2D eigenvalue weighted by atomic mass is 32.1. The summed E-state index contributed by atoms with van der Waals surface area (Å²) in [4.78, 5) is 17.9. The van der Waals surface area contributed by atoms with Gasteiger partial charge in [-0.3, -0.25) is 4.79 Å². The largest absolute Gasteiger partial charge is 0.465 e. The molecule has 1 saturated carbocycles. The maximum atomic E-state index is 12.0. The molecule has 0 bridgehead atoms. The summed E-state index contributed by atoms with van der Waals surface area (Å²) < 4.78 is 5.16. The molecule has 0 aromatic carbocycles. The fourth-order valence-electron chi connectivity index (χ4n) is 3.36. The Balaban J connectivity index is 1.66. The number of aryl methyl sites for hydroxylation is 1. The number of nitrogens with zero attached hydrogens (tertiary/aromatic N) is 1. The van der Waals surface area contributed by atoms with Crippen LogP contribution in [0.1, 0.15) is 68.4 Å². The molecular formula is C16H24N2O2S. The van der Waals surface area contributed by atoms with Crippen molar-refractivity contribution in [2.24, 2.45) is 0 Å². The van der Waals surface area contributed by atoms with Crippen molar-refractivity contribution in [2.75, 3.05) is 11.9 Å². The molecule has 4 nitrogen and oxygen atoms in total. The summed E-state index contributed by atoms with van der Waals surface area (Å²) in [5.41, 5.74) is 0.967. The topological polar surface area (TPSA) is 51.2 Å². The Morgan fingerprint density at radius 1 is 1.29 bits per heavy atom. The summed E-state index contributed by atoms with van der Waals surface area (Å²) in [5, 5.41) is 4.60. The molecule has 1 aromatic heterocycles. The van der Waals surface area contributed by atoms with Gasteiger partial charge in [-0.2, -0.15) is 0 Å². The average molecular weight is 308 g/mol. The van der Waals surface area contributed by atoms with Crippen LogP contribution in [0.25, 0.3) is 0 Å². The number of aromatic nitrogens is 1. The van der Waals surface area contributed by atoms with Crippen LogP contribution < -0.4 is 5.32 Å². The summed E-state index contributed by atoms with van der Waals surface area (Å²) >= 11 is 1.73. The second-order valence-electron chi connectivity index (χ2n) is 6.00. The first kappa shape index (κ1) is 14.8. The molecule has 1 atom stereocenters. The molecule has 1 fully saturated rings. The molecule has 0 spiro atoms. The van der Waals surface area contributed by atoms with E-state index < -0.39 is 0 Å². The molecule has 0 radical (unpaired) electrons. The van der Waals surface area contributed by atoms with Gasteiger partial charge in [0.2, 0.25) is 0 Å². The van der Waals surface area contributed by atoms with E-state index in [1.54, 1.807) is 11.3 Å². The Morgan fingerprint density at radius 3 is 2.76 bits per heavy atom. The van der Waals surface area contributed by atoms with Crippen LogP contribution in [0.15, 0.2) is 0 Å². The molecule has 2 aliphatic carbocycles. The van der Waals surface area contributed by atoms with Crippen LogP contribution >= 0.6 is 11.3 Å². The van der Waals surface area contributed by atoms with E-state index in [0.29, 0.717) is 12.6 Å². The molecule has 1 unspecified atom stereocenters. The van der Waals surface area contributed by atoms with Gasteiger partial charge in [0.15, 0.2) is 5.13 Å². The molecule has 5 heteroatoms. The normalized spacial score (nSPS) is 22.6. The van der Waals surface area contributed by atoms with Gasteiger partial charge in [0.25, 0.3) is 0 Å². The number of anilines is 1. The molecule has 0 aliphatic heterocycles. The van der Waals surface area contributed by atoms with Gasteiger partial charge < -0.3 is 10.1 Å². The maximum absolute atomic E-state index is 12.0. The maximum Gasteiger partial charge on any atom is 0.315 e. The lowest BCUT2D eigenvalue weighted by Gasteiger charge is -2.15. The van der Waals surface area contributed by atoms with Crippen LogP contribution in [-0.4, -0.2) is 23.6 Å². The van der Waals surface area contributed by atoms with Crippen molar-refractivity contribution < 1.29 is 9.53 Å². The van der Waals surface area contributed by atoms with Crippen molar-refractivity contribution in [1.29, 1.82) is 0 Å². The lowest BCUT2D eigenvalue weighted by atomic mass is 10.1. The van der Waals surface area contributed by atoms with E-state index in [2.05, 4.69) is 5.32 Å². The van der Waals surface area contributed by atoms with Gasteiger partial charge in [-0.1, -0.05) is 25.7 Å². The number of carbonyl (C=O) groups excluding carboxylic acids is 1. The molecule has 3 rings (SSSR count). The van der Waals surface area contributed by atoms with Gasteiger partial charge in [0.1, 0.15) is 5.92 Å². The molecule has 1 heterocycles. The lowest BCUT2D eigenvalue weighted by Crippen LogP contribution is -2.18. The molecule has 1 aromatic rings. The minimum Gasteiger partial charge on any atom is -0.465 e.